The van der Waals surface area contributed by atoms with Gasteiger partial charge < -0.3 is 25.4 Å². The monoisotopic (exact) mass is 295 g/mol. The minimum Gasteiger partial charge on any atom is -0.465 e. The molecule has 0 bridgehead atoms. The molecular formula is C14H21N3O4. The highest BCUT2D eigenvalue weighted by Gasteiger charge is 2.17. The van der Waals surface area contributed by atoms with Crippen molar-refractivity contribution in [3.05, 3.63) is 24.3 Å². The van der Waals surface area contributed by atoms with Gasteiger partial charge in [-0.25, -0.2) is 4.79 Å². The highest BCUT2D eigenvalue weighted by atomic mass is 16.5. The van der Waals surface area contributed by atoms with Gasteiger partial charge in [0.05, 0.1) is 13.2 Å². The summed E-state index contributed by atoms with van der Waals surface area (Å²) >= 11 is 0. The van der Waals surface area contributed by atoms with Crippen LogP contribution in [0.5, 0.6) is 0 Å². The lowest BCUT2D eigenvalue weighted by Crippen LogP contribution is -2.41. The molecule has 0 aliphatic carbocycles. The van der Waals surface area contributed by atoms with Crippen molar-refractivity contribution in [2.75, 3.05) is 44.5 Å². The van der Waals surface area contributed by atoms with Crippen LogP contribution in [-0.2, 0) is 14.3 Å². The zero-order valence-corrected chi connectivity index (χ0v) is 12.3. The number of esters is 1. The summed E-state index contributed by atoms with van der Waals surface area (Å²) in [6, 6.07) is 6.39. The Morgan fingerprint density at radius 1 is 1.38 bits per heavy atom. The van der Waals surface area contributed by atoms with E-state index in [0.29, 0.717) is 18.0 Å². The van der Waals surface area contributed by atoms with Gasteiger partial charge in [0.1, 0.15) is 6.54 Å². The lowest BCUT2D eigenvalue weighted by molar-refractivity contribution is -0.143. The SMILES string of the molecule is CCOC(=O)CN(CCOC)C(=O)Nc1cccc(N)c1. The van der Waals surface area contributed by atoms with Crippen LogP contribution < -0.4 is 11.1 Å². The summed E-state index contributed by atoms with van der Waals surface area (Å²) in [7, 11) is 1.53. The Bertz CT molecular complexity index is 479. The molecule has 7 nitrogen and oxygen atoms in total. The largest absolute Gasteiger partial charge is 0.465 e. The number of nitrogens with zero attached hydrogens (tertiary/aromatic N) is 1. The van der Waals surface area contributed by atoms with Gasteiger partial charge in [0.25, 0.3) is 0 Å². The fraction of sp³-hybridized carbons (Fsp3) is 0.429. The number of carbonyl (C=O) groups is 2. The van der Waals surface area contributed by atoms with Gasteiger partial charge in [-0.05, 0) is 25.1 Å². The van der Waals surface area contributed by atoms with Gasteiger partial charge in [-0.15, -0.1) is 0 Å². The summed E-state index contributed by atoms with van der Waals surface area (Å²) in [4.78, 5) is 25.0. The Balaban J connectivity index is 2.67. The van der Waals surface area contributed by atoms with Crippen LogP contribution in [0.15, 0.2) is 24.3 Å². The predicted molar refractivity (Wildman–Crippen MR) is 80.0 cm³/mol. The lowest BCUT2D eigenvalue weighted by atomic mass is 10.3. The summed E-state index contributed by atoms with van der Waals surface area (Å²) in [5.41, 5.74) is 6.76. The maximum Gasteiger partial charge on any atom is 0.325 e. The quantitative estimate of drug-likeness (QED) is 0.584. The third-order valence-corrected chi connectivity index (χ3v) is 2.62. The Morgan fingerprint density at radius 3 is 2.76 bits per heavy atom. The zero-order valence-electron chi connectivity index (χ0n) is 12.3. The van der Waals surface area contributed by atoms with Crippen LogP contribution in [0.4, 0.5) is 16.2 Å². The summed E-state index contributed by atoms with van der Waals surface area (Å²) in [5.74, 6) is -0.462. The van der Waals surface area contributed by atoms with Crippen molar-refractivity contribution in [1.29, 1.82) is 0 Å². The van der Waals surface area contributed by atoms with Crippen LogP contribution in [0, 0.1) is 0 Å². The number of nitrogens with one attached hydrogen (secondary N) is 1. The van der Waals surface area contributed by atoms with Crippen LogP contribution in [0.25, 0.3) is 0 Å². The second-order valence-corrected chi connectivity index (χ2v) is 4.27. The van der Waals surface area contributed by atoms with E-state index in [2.05, 4.69) is 5.32 Å². The minimum absolute atomic E-state index is 0.134. The van der Waals surface area contributed by atoms with Crippen molar-refractivity contribution >= 4 is 23.4 Å². The maximum atomic E-state index is 12.2. The average molecular weight is 295 g/mol. The van der Waals surface area contributed by atoms with Crippen molar-refractivity contribution < 1.29 is 19.1 Å². The van der Waals surface area contributed by atoms with E-state index in [4.69, 9.17) is 15.2 Å². The molecular weight excluding hydrogens is 274 g/mol. The summed E-state index contributed by atoms with van der Waals surface area (Å²) < 4.78 is 9.79. The van der Waals surface area contributed by atoms with Crippen LogP contribution in [0.3, 0.4) is 0 Å². The van der Waals surface area contributed by atoms with Crippen molar-refractivity contribution in [3.63, 3.8) is 0 Å². The number of benzene rings is 1. The Hall–Kier alpha value is -2.28. The van der Waals surface area contributed by atoms with E-state index >= 15 is 0 Å². The third-order valence-electron chi connectivity index (χ3n) is 2.62. The van der Waals surface area contributed by atoms with Gasteiger partial charge in [0, 0.05) is 25.0 Å². The van der Waals surface area contributed by atoms with Crippen LogP contribution in [-0.4, -0.2) is 50.3 Å². The van der Waals surface area contributed by atoms with Crippen LogP contribution >= 0.6 is 0 Å². The molecule has 1 aromatic carbocycles. The molecule has 2 amide bonds. The predicted octanol–water partition coefficient (Wildman–Crippen LogP) is 1.31. The fourth-order valence-electron chi connectivity index (χ4n) is 1.64. The highest BCUT2D eigenvalue weighted by molar-refractivity contribution is 5.91. The van der Waals surface area contributed by atoms with Gasteiger partial charge in [-0.2, -0.15) is 0 Å². The topological polar surface area (TPSA) is 93.9 Å². The maximum absolute atomic E-state index is 12.2. The van der Waals surface area contributed by atoms with E-state index < -0.39 is 12.0 Å². The number of rotatable bonds is 7. The first-order chi connectivity index (χ1) is 10.1. The van der Waals surface area contributed by atoms with E-state index in [1.165, 1.54) is 12.0 Å². The fourth-order valence-corrected chi connectivity index (χ4v) is 1.64. The van der Waals surface area contributed by atoms with Gasteiger partial charge in [0.15, 0.2) is 0 Å². The van der Waals surface area contributed by atoms with E-state index in [1.54, 1.807) is 31.2 Å². The molecule has 0 aromatic heterocycles. The first kappa shape index (κ1) is 16.8. The normalized spacial score (nSPS) is 10.0. The summed E-state index contributed by atoms with van der Waals surface area (Å²) in [6.45, 7) is 2.45. The second-order valence-electron chi connectivity index (χ2n) is 4.27. The molecule has 3 N–H and O–H groups in total. The number of amides is 2. The van der Waals surface area contributed by atoms with Crippen molar-refractivity contribution in [1.82, 2.24) is 4.90 Å². The van der Waals surface area contributed by atoms with Crippen LogP contribution in [0.2, 0.25) is 0 Å². The molecule has 0 aliphatic heterocycles. The number of anilines is 2. The first-order valence-corrected chi connectivity index (χ1v) is 6.62. The molecule has 21 heavy (non-hydrogen) atoms. The number of carbonyl (C=O) groups excluding carboxylic acids is 2. The molecule has 7 heteroatoms. The number of methoxy groups -OCH3 is 1. The molecule has 1 rings (SSSR count). The molecule has 1 aromatic rings. The summed E-state index contributed by atoms with van der Waals surface area (Å²) in [5, 5.41) is 2.68. The first-order valence-electron chi connectivity index (χ1n) is 6.62. The number of nitrogen functional groups attached to an aromatic ring is 1. The van der Waals surface area contributed by atoms with Crippen molar-refractivity contribution in [2.24, 2.45) is 0 Å². The third kappa shape index (κ3) is 6.13. The highest BCUT2D eigenvalue weighted by Crippen LogP contribution is 2.12. The molecule has 0 unspecified atom stereocenters. The van der Waals surface area contributed by atoms with E-state index in [0.717, 1.165) is 0 Å². The smallest absolute Gasteiger partial charge is 0.325 e. The van der Waals surface area contributed by atoms with Gasteiger partial charge in [-0.3, -0.25) is 4.79 Å². The van der Waals surface area contributed by atoms with Crippen molar-refractivity contribution in [3.8, 4) is 0 Å². The average Bonchev–Trinajstić information content (AvgIpc) is 2.43. The van der Waals surface area contributed by atoms with E-state index in [-0.39, 0.29) is 19.7 Å². The molecule has 0 spiro atoms. The van der Waals surface area contributed by atoms with Crippen LogP contribution in [0.1, 0.15) is 6.92 Å². The number of ether oxygens (including phenoxy) is 2. The minimum atomic E-state index is -0.462. The van der Waals surface area contributed by atoms with E-state index in [9.17, 15) is 9.59 Å². The number of hydrogen-bond acceptors (Lipinski definition) is 5. The molecule has 0 saturated carbocycles. The Kier molecular flexibility index (Phi) is 7.03. The standard InChI is InChI=1S/C14H21N3O4/c1-3-21-13(18)10-17(7-8-20-2)14(19)16-12-6-4-5-11(15)9-12/h4-6,9H,3,7-8,10,15H2,1-2H3,(H,16,19). The second kappa shape index (κ2) is 8.80. The summed E-state index contributed by atoms with van der Waals surface area (Å²) in [6.07, 6.45) is 0. The van der Waals surface area contributed by atoms with Gasteiger partial charge in [0.2, 0.25) is 0 Å². The van der Waals surface area contributed by atoms with Gasteiger partial charge >= 0.3 is 12.0 Å². The molecule has 116 valence electrons. The molecule has 0 saturated heterocycles. The Morgan fingerprint density at radius 2 is 2.14 bits per heavy atom. The lowest BCUT2D eigenvalue weighted by Gasteiger charge is -2.21. The number of urea groups is 1. The molecule has 0 radical (unpaired) electrons. The van der Waals surface area contributed by atoms with E-state index in [1.807, 2.05) is 0 Å². The van der Waals surface area contributed by atoms with Crippen molar-refractivity contribution in [2.45, 2.75) is 6.92 Å². The zero-order chi connectivity index (χ0) is 15.7. The number of nitrogens with two attached hydrogens (primary N) is 1. The number of hydrogen-bond donors (Lipinski definition) is 2. The Labute approximate surface area is 124 Å². The molecule has 0 atom stereocenters. The van der Waals surface area contributed by atoms with Gasteiger partial charge in [-0.1, -0.05) is 6.07 Å². The molecule has 0 aliphatic rings. The molecule has 0 fully saturated rings. The molecule has 0 heterocycles.